The highest BCUT2D eigenvalue weighted by atomic mass is 79.9. The fraction of sp³-hybridized carbons (Fsp3) is 0.200. The number of nitrogens with two attached hydrogens (primary N) is 1. The van der Waals surface area contributed by atoms with Crippen molar-refractivity contribution in [1.29, 1.82) is 0 Å². The van der Waals surface area contributed by atoms with E-state index in [-0.39, 0.29) is 12.1 Å². The molecule has 2 nitrogen and oxygen atoms in total. The van der Waals surface area contributed by atoms with Gasteiger partial charge in [0.25, 0.3) is 0 Å². The van der Waals surface area contributed by atoms with E-state index in [1.165, 1.54) is 5.56 Å². The Hall–Kier alpha value is -1.32. The second-order valence-corrected chi connectivity index (χ2v) is 5.46. The largest absolute Gasteiger partial charge is 0.485 e. The van der Waals surface area contributed by atoms with Gasteiger partial charge in [0.1, 0.15) is 11.9 Å². The van der Waals surface area contributed by atoms with E-state index in [2.05, 4.69) is 28.1 Å². The van der Waals surface area contributed by atoms with Crippen LogP contribution in [0.5, 0.6) is 5.75 Å². The highest BCUT2D eigenvalue weighted by Crippen LogP contribution is 2.40. The van der Waals surface area contributed by atoms with E-state index in [1.807, 2.05) is 36.4 Å². The molecule has 0 saturated heterocycles. The fourth-order valence-electron chi connectivity index (χ4n) is 2.35. The summed E-state index contributed by atoms with van der Waals surface area (Å²) in [6.45, 7) is 0. The maximum absolute atomic E-state index is 6.23. The topological polar surface area (TPSA) is 35.2 Å². The van der Waals surface area contributed by atoms with E-state index in [1.54, 1.807) is 0 Å². The van der Waals surface area contributed by atoms with Crippen LogP contribution in [0.25, 0.3) is 0 Å². The van der Waals surface area contributed by atoms with Crippen molar-refractivity contribution in [1.82, 2.24) is 0 Å². The first-order chi connectivity index (χ1) is 8.74. The van der Waals surface area contributed by atoms with E-state index in [9.17, 15) is 0 Å². The van der Waals surface area contributed by atoms with Gasteiger partial charge in [-0.25, -0.2) is 0 Å². The molecule has 2 atom stereocenters. The number of rotatable bonds is 1. The summed E-state index contributed by atoms with van der Waals surface area (Å²) in [5.74, 6) is 0.886. The smallest absolute Gasteiger partial charge is 0.126 e. The van der Waals surface area contributed by atoms with Crippen LogP contribution in [-0.2, 0) is 0 Å². The van der Waals surface area contributed by atoms with Crippen molar-refractivity contribution in [2.75, 3.05) is 0 Å². The van der Waals surface area contributed by atoms with Gasteiger partial charge >= 0.3 is 0 Å². The summed E-state index contributed by atoms with van der Waals surface area (Å²) in [4.78, 5) is 0. The Labute approximate surface area is 115 Å². The van der Waals surface area contributed by atoms with Gasteiger partial charge in [0.15, 0.2) is 0 Å². The molecule has 2 aromatic carbocycles. The van der Waals surface area contributed by atoms with Gasteiger partial charge in [-0.3, -0.25) is 0 Å². The van der Waals surface area contributed by atoms with Crippen LogP contribution >= 0.6 is 15.9 Å². The lowest BCUT2D eigenvalue weighted by Crippen LogP contribution is -2.24. The van der Waals surface area contributed by atoms with Crippen molar-refractivity contribution in [2.24, 2.45) is 5.73 Å². The third-order valence-corrected chi connectivity index (χ3v) is 3.78. The lowest BCUT2D eigenvalue weighted by molar-refractivity contribution is 0.161. The Morgan fingerprint density at radius 2 is 1.89 bits per heavy atom. The van der Waals surface area contributed by atoms with Crippen LogP contribution in [0.15, 0.2) is 53.0 Å². The van der Waals surface area contributed by atoms with Gasteiger partial charge in [-0.05, 0) is 17.7 Å². The summed E-state index contributed by atoms with van der Waals surface area (Å²) in [6.07, 6.45) is 0.863. The molecule has 0 bridgehead atoms. The zero-order valence-corrected chi connectivity index (χ0v) is 11.4. The quantitative estimate of drug-likeness (QED) is 0.865. The SMILES string of the molecule is N[C@@H]1CC(c2ccccc2)Oc2cc(Br)ccc21. The highest BCUT2D eigenvalue weighted by molar-refractivity contribution is 9.10. The average Bonchev–Trinajstić information content (AvgIpc) is 2.39. The summed E-state index contributed by atoms with van der Waals surface area (Å²) in [7, 11) is 0. The first-order valence-corrected chi connectivity index (χ1v) is 6.80. The van der Waals surface area contributed by atoms with Crippen molar-refractivity contribution in [3.05, 3.63) is 64.1 Å². The monoisotopic (exact) mass is 303 g/mol. The van der Waals surface area contributed by atoms with Crippen LogP contribution in [-0.4, -0.2) is 0 Å². The predicted molar refractivity (Wildman–Crippen MR) is 75.5 cm³/mol. The second-order valence-electron chi connectivity index (χ2n) is 4.54. The maximum atomic E-state index is 6.23. The van der Waals surface area contributed by atoms with E-state index in [4.69, 9.17) is 10.5 Å². The predicted octanol–water partition coefficient (Wildman–Crippen LogP) is 3.97. The Kier molecular flexibility index (Phi) is 3.10. The van der Waals surface area contributed by atoms with Crippen LogP contribution < -0.4 is 10.5 Å². The lowest BCUT2D eigenvalue weighted by Gasteiger charge is -2.30. The molecule has 1 aliphatic rings. The number of hydrogen-bond donors (Lipinski definition) is 1. The molecule has 0 amide bonds. The third kappa shape index (κ3) is 2.16. The molecular formula is C15H14BrNO. The Morgan fingerprint density at radius 1 is 1.11 bits per heavy atom. The van der Waals surface area contributed by atoms with Crippen LogP contribution in [0.4, 0.5) is 0 Å². The average molecular weight is 304 g/mol. The van der Waals surface area contributed by atoms with Crippen molar-refractivity contribution in [2.45, 2.75) is 18.6 Å². The number of fused-ring (bicyclic) bond motifs is 1. The number of ether oxygens (including phenoxy) is 1. The number of hydrogen-bond acceptors (Lipinski definition) is 2. The van der Waals surface area contributed by atoms with E-state index >= 15 is 0 Å². The lowest BCUT2D eigenvalue weighted by atomic mass is 9.94. The first kappa shape index (κ1) is 11.8. The van der Waals surface area contributed by atoms with Gasteiger partial charge in [0.05, 0.1) is 0 Å². The van der Waals surface area contributed by atoms with Crippen LogP contribution in [0, 0.1) is 0 Å². The molecule has 92 valence electrons. The van der Waals surface area contributed by atoms with Crippen LogP contribution in [0.1, 0.15) is 29.7 Å². The summed E-state index contributed by atoms with van der Waals surface area (Å²) < 4.78 is 7.08. The molecule has 3 heteroatoms. The molecule has 0 fully saturated rings. The summed E-state index contributed by atoms with van der Waals surface area (Å²) >= 11 is 3.47. The van der Waals surface area contributed by atoms with E-state index < -0.39 is 0 Å². The van der Waals surface area contributed by atoms with Crippen molar-refractivity contribution in [3.63, 3.8) is 0 Å². The minimum atomic E-state index is 0.0343. The highest BCUT2D eigenvalue weighted by Gasteiger charge is 2.26. The normalized spacial score (nSPS) is 22.1. The molecule has 0 spiro atoms. The van der Waals surface area contributed by atoms with Crippen molar-refractivity contribution in [3.8, 4) is 5.75 Å². The minimum absolute atomic E-state index is 0.0343. The van der Waals surface area contributed by atoms with E-state index in [0.717, 1.165) is 22.2 Å². The molecular weight excluding hydrogens is 290 g/mol. The number of benzene rings is 2. The Morgan fingerprint density at radius 3 is 2.67 bits per heavy atom. The zero-order chi connectivity index (χ0) is 12.5. The van der Waals surface area contributed by atoms with Gasteiger partial charge in [0.2, 0.25) is 0 Å². The maximum Gasteiger partial charge on any atom is 0.126 e. The first-order valence-electron chi connectivity index (χ1n) is 6.00. The van der Waals surface area contributed by atoms with Gasteiger partial charge in [-0.2, -0.15) is 0 Å². The van der Waals surface area contributed by atoms with Crippen molar-refractivity contribution < 1.29 is 4.74 Å². The molecule has 2 aromatic rings. The Bertz CT molecular complexity index is 556. The van der Waals surface area contributed by atoms with Gasteiger partial charge in [-0.15, -0.1) is 0 Å². The standard InChI is InChI=1S/C15H14BrNO/c16-11-6-7-12-13(17)9-14(18-15(12)8-11)10-4-2-1-3-5-10/h1-8,13-14H,9,17H2/t13-,14?/m1/s1. The molecule has 3 rings (SSSR count). The summed E-state index contributed by atoms with van der Waals surface area (Å²) in [6, 6.07) is 16.3. The van der Waals surface area contributed by atoms with Crippen molar-refractivity contribution >= 4 is 15.9 Å². The third-order valence-electron chi connectivity index (χ3n) is 3.28. The molecule has 18 heavy (non-hydrogen) atoms. The zero-order valence-electron chi connectivity index (χ0n) is 9.84. The van der Waals surface area contributed by atoms with Gasteiger partial charge < -0.3 is 10.5 Å². The minimum Gasteiger partial charge on any atom is -0.485 e. The van der Waals surface area contributed by atoms with Gasteiger partial charge in [0, 0.05) is 22.5 Å². The van der Waals surface area contributed by atoms with Crippen LogP contribution in [0.2, 0.25) is 0 Å². The molecule has 1 unspecified atom stereocenters. The summed E-state index contributed by atoms with van der Waals surface area (Å²) in [5.41, 5.74) is 8.50. The fourth-order valence-corrected chi connectivity index (χ4v) is 2.69. The Balaban J connectivity index is 1.96. The van der Waals surface area contributed by atoms with E-state index in [0.29, 0.717) is 0 Å². The second kappa shape index (κ2) is 4.75. The molecule has 0 aromatic heterocycles. The molecule has 2 N–H and O–H groups in total. The molecule has 0 aliphatic carbocycles. The molecule has 1 heterocycles. The van der Waals surface area contributed by atoms with Gasteiger partial charge in [-0.1, -0.05) is 52.3 Å². The molecule has 0 saturated carbocycles. The molecule has 1 aliphatic heterocycles. The summed E-state index contributed by atoms with van der Waals surface area (Å²) in [5, 5.41) is 0. The number of halogens is 1. The van der Waals surface area contributed by atoms with Crippen LogP contribution in [0.3, 0.4) is 0 Å². The molecule has 0 radical (unpaired) electrons.